The van der Waals surface area contributed by atoms with Crippen LogP contribution in [0.5, 0.6) is 0 Å². The highest BCUT2D eigenvalue weighted by Gasteiger charge is 2.02. The minimum Gasteiger partial charge on any atom is -0.444 e. The molecule has 16 heavy (non-hydrogen) atoms. The minimum atomic E-state index is -0.228. The number of anilines is 1. The lowest BCUT2D eigenvalue weighted by Crippen LogP contribution is -2.12. The molecule has 0 atom stereocenters. The van der Waals surface area contributed by atoms with Crippen LogP contribution in [-0.4, -0.2) is 16.8 Å². The summed E-state index contributed by atoms with van der Waals surface area (Å²) in [7, 11) is 0. The maximum atomic E-state index is 11.0. The zero-order chi connectivity index (χ0) is 11.4. The van der Waals surface area contributed by atoms with Crippen LogP contribution in [0.3, 0.4) is 0 Å². The Kier molecular flexibility index (Phi) is 3.22. The van der Waals surface area contributed by atoms with E-state index in [9.17, 15) is 4.79 Å². The standard InChI is InChI=1S/C11H9ClN2O2/c12-5-11(15)14-9-3-1-8(2-4-9)10-6-13-7-16-10/h1-4,6-7H,5H2,(H,14,15). The number of oxazole rings is 1. The molecule has 0 fully saturated rings. The molecule has 2 rings (SSSR count). The zero-order valence-corrected chi connectivity index (χ0v) is 9.07. The van der Waals surface area contributed by atoms with E-state index in [1.807, 2.05) is 12.1 Å². The van der Waals surface area contributed by atoms with Gasteiger partial charge in [-0.25, -0.2) is 4.98 Å². The van der Waals surface area contributed by atoms with E-state index in [2.05, 4.69) is 10.3 Å². The molecule has 0 spiro atoms. The highest BCUT2D eigenvalue weighted by molar-refractivity contribution is 6.29. The second-order valence-electron chi connectivity index (χ2n) is 3.12. The van der Waals surface area contributed by atoms with Crippen LogP contribution in [0.4, 0.5) is 5.69 Å². The van der Waals surface area contributed by atoms with E-state index in [0.717, 1.165) is 5.56 Å². The molecule has 0 aliphatic rings. The van der Waals surface area contributed by atoms with Crippen molar-refractivity contribution in [3.63, 3.8) is 0 Å². The first-order valence-electron chi connectivity index (χ1n) is 4.64. The number of hydrogen-bond acceptors (Lipinski definition) is 3. The third-order valence-corrected chi connectivity index (χ3v) is 2.25. The van der Waals surface area contributed by atoms with Crippen LogP contribution in [0.2, 0.25) is 0 Å². The topological polar surface area (TPSA) is 55.1 Å². The van der Waals surface area contributed by atoms with Gasteiger partial charge in [0.2, 0.25) is 5.91 Å². The first kappa shape index (κ1) is 10.7. The first-order valence-corrected chi connectivity index (χ1v) is 5.18. The van der Waals surface area contributed by atoms with Crippen molar-refractivity contribution in [2.45, 2.75) is 0 Å². The monoisotopic (exact) mass is 236 g/mol. The van der Waals surface area contributed by atoms with Crippen molar-refractivity contribution in [2.75, 3.05) is 11.2 Å². The van der Waals surface area contributed by atoms with Crippen molar-refractivity contribution >= 4 is 23.2 Å². The molecule has 2 aromatic rings. The lowest BCUT2D eigenvalue weighted by molar-refractivity contribution is -0.113. The van der Waals surface area contributed by atoms with Gasteiger partial charge in [-0.15, -0.1) is 11.6 Å². The molecule has 1 aromatic carbocycles. The van der Waals surface area contributed by atoms with Crippen molar-refractivity contribution in [3.05, 3.63) is 36.9 Å². The summed E-state index contributed by atoms with van der Waals surface area (Å²) in [5.74, 6) is 0.411. The SMILES string of the molecule is O=C(CCl)Nc1ccc(-c2cnco2)cc1. The molecule has 1 aromatic heterocycles. The number of nitrogens with zero attached hydrogens (tertiary/aromatic N) is 1. The number of carbonyl (C=O) groups excluding carboxylic acids is 1. The van der Waals surface area contributed by atoms with E-state index < -0.39 is 0 Å². The smallest absolute Gasteiger partial charge is 0.239 e. The quantitative estimate of drug-likeness (QED) is 0.834. The summed E-state index contributed by atoms with van der Waals surface area (Å²) >= 11 is 5.38. The van der Waals surface area contributed by atoms with Gasteiger partial charge in [0.1, 0.15) is 5.88 Å². The number of aromatic nitrogens is 1. The number of nitrogens with one attached hydrogen (secondary N) is 1. The number of benzene rings is 1. The molecule has 0 unspecified atom stereocenters. The molecule has 5 heteroatoms. The second kappa shape index (κ2) is 4.81. The fourth-order valence-corrected chi connectivity index (χ4v) is 1.34. The molecular weight excluding hydrogens is 228 g/mol. The van der Waals surface area contributed by atoms with Crippen LogP contribution >= 0.6 is 11.6 Å². The number of amides is 1. The van der Waals surface area contributed by atoms with E-state index in [1.165, 1.54) is 6.39 Å². The molecule has 0 saturated carbocycles. The molecule has 0 aliphatic carbocycles. The largest absolute Gasteiger partial charge is 0.444 e. The van der Waals surface area contributed by atoms with Gasteiger partial charge in [-0.3, -0.25) is 4.79 Å². The number of carbonyl (C=O) groups is 1. The van der Waals surface area contributed by atoms with Crippen molar-refractivity contribution in [2.24, 2.45) is 0 Å². The van der Waals surface area contributed by atoms with Crippen LogP contribution in [0, 0.1) is 0 Å². The van der Waals surface area contributed by atoms with Crippen LogP contribution in [0.25, 0.3) is 11.3 Å². The van der Waals surface area contributed by atoms with Gasteiger partial charge >= 0.3 is 0 Å². The summed E-state index contributed by atoms with van der Waals surface area (Å²) in [6.07, 6.45) is 3.00. The van der Waals surface area contributed by atoms with Crippen LogP contribution in [-0.2, 0) is 4.79 Å². The summed E-state index contributed by atoms with van der Waals surface area (Å²) in [5, 5.41) is 2.65. The van der Waals surface area contributed by atoms with E-state index >= 15 is 0 Å². The second-order valence-corrected chi connectivity index (χ2v) is 3.39. The van der Waals surface area contributed by atoms with Crippen LogP contribution in [0.15, 0.2) is 41.3 Å². The number of hydrogen-bond donors (Lipinski definition) is 1. The first-order chi connectivity index (χ1) is 7.79. The summed E-state index contributed by atoms with van der Waals surface area (Å²) in [4.78, 5) is 14.9. The van der Waals surface area contributed by atoms with Gasteiger partial charge in [0, 0.05) is 11.3 Å². The Balaban J connectivity index is 2.14. The average Bonchev–Trinajstić information content (AvgIpc) is 2.83. The Morgan fingerprint density at radius 3 is 2.69 bits per heavy atom. The van der Waals surface area contributed by atoms with Gasteiger partial charge in [0.15, 0.2) is 12.2 Å². The molecule has 4 nitrogen and oxygen atoms in total. The normalized spacial score (nSPS) is 10.1. The Morgan fingerprint density at radius 1 is 1.38 bits per heavy atom. The third kappa shape index (κ3) is 2.41. The van der Waals surface area contributed by atoms with E-state index in [1.54, 1.807) is 18.3 Å². The molecule has 0 bridgehead atoms. The number of alkyl halides is 1. The molecule has 1 N–H and O–H groups in total. The molecule has 0 saturated heterocycles. The lowest BCUT2D eigenvalue weighted by Gasteiger charge is -2.03. The Bertz CT molecular complexity index is 465. The Morgan fingerprint density at radius 2 is 2.12 bits per heavy atom. The van der Waals surface area contributed by atoms with E-state index in [0.29, 0.717) is 11.4 Å². The van der Waals surface area contributed by atoms with Crippen LogP contribution in [0.1, 0.15) is 0 Å². The van der Waals surface area contributed by atoms with E-state index in [4.69, 9.17) is 16.0 Å². The molecule has 0 aliphatic heterocycles. The van der Waals surface area contributed by atoms with Gasteiger partial charge in [-0.2, -0.15) is 0 Å². The van der Waals surface area contributed by atoms with Crippen molar-refractivity contribution < 1.29 is 9.21 Å². The van der Waals surface area contributed by atoms with Gasteiger partial charge in [0.25, 0.3) is 0 Å². The maximum absolute atomic E-state index is 11.0. The van der Waals surface area contributed by atoms with E-state index in [-0.39, 0.29) is 11.8 Å². The molecule has 1 amide bonds. The molecule has 1 heterocycles. The Labute approximate surface area is 97.2 Å². The summed E-state index contributed by atoms with van der Waals surface area (Å²) in [6.45, 7) is 0. The maximum Gasteiger partial charge on any atom is 0.239 e. The molecule has 0 radical (unpaired) electrons. The predicted molar refractivity (Wildman–Crippen MR) is 61.3 cm³/mol. The lowest BCUT2D eigenvalue weighted by atomic mass is 10.2. The summed E-state index contributed by atoms with van der Waals surface area (Å²) < 4.78 is 5.14. The molecule has 82 valence electrons. The summed E-state index contributed by atoms with van der Waals surface area (Å²) in [6, 6.07) is 7.24. The van der Waals surface area contributed by atoms with Gasteiger partial charge in [-0.1, -0.05) is 0 Å². The van der Waals surface area contributed by atoms with Crippen LogP contribution < -0.4 is 5.32 Å². The Hall–Kier alpha value is -1.81. The molecular formula is C11H9ClN2O2. The van der Waals surface area contributed by atoms with Gasteiger partial charge < -0.3 is 9.73 Å². The van der Waals surface area contributed by atoms with Gasteiger partial charge in [0.05, 0.1) is 6.20 Å². The third-order valence-electron chi connectivity index (χ3n) is 2.01. The highest BCUT2D eigenvalue weighted by atomic mass is 35.5. The minimum absolute atomic E-state index is 0.0517. The summed E-state index contributed by atoms with van der Waals surface area (Å²) in [5.41, 5.74) is 1.61. The van der Waals surface area contributed by atoms with Crippen molar-refractivity contribution in [1.29, 1.82) is 0 Å². The van der Waals surface area contributed by atoms with Gasteiger partial charge in [-0.05, 0) is 24.3 Å². The zero-order valence-electron chi connectivity index (χ0n) is 8.31. The average molecular weight is 237 g/mol. The number of halogens is 1. The fraction of sp³-hybridized carbons (Fsp3) is 0.0909. The van der Waals surface area contributed by atoms with Crippen molar-refractivity contribution in [1.82, 2.24) is 4.98 Å². The number of rotatable bonds is 3. The predicted octanol–water partition coefficient (Wildman–Crippen LogP) is 2.52. The van der Waals surface area contributed by atoms with Crippen molar-refractivity contribution in [3.8, 4) is 11.3 Å². The fourth-order valence-electron chi connectivity index (χ4n) is 1.27. The highest BCUT2D eigenvalue weighted by Crippen LogP contribution is 2.20.